The smallest absolute Gasteiger partial charge is 0.253 e. The third kappa shape index (κ3) is 4.93. The highest BCUT2D eigenvalue weighted by molar-refractivity contribution is 5.95. The molecule has 1 aliphatic heterocycles. The van der Waals surface area contributed by atoms with Gasteiger partial charge in [0.1, 0.15) is 17.2 Å². The first-order chi connectivity index (χ1) is 15.0. The molecule has 7 heteroatoms. The van der Waals surface area contributed by atoms with Crippen molar-refractivity contribution >= 4 is 11.8 Å². The van der Waals surface area contributed by atoms with Crippen molar-refractivity contribution in [2.24, 2.45) is 5.92 Å². The van der Waals surface area contributed by atoms with E-state index in [0.717, 1.165) is 12.0 Å². The zero-order chi connectivity index (χ0) is 22.4. The monoisotopic (exact) mass is 426 g/mol. The molecule has 0 saturated carbocycles. The van der Waals surface area contributed by atoms with Crippen LogP contribution in [0.4, 0.5) is 0 Å². The highest BCUT2D eigenvalue weighted by Crippen LogP contribution is 2.40. The second-order valence-electron chi connectivity index (χ2n) is 7.55. The number of carbonyl (C=O) groups excluding carboxylic acids is 2. The molecule has 2 aromatic rings. The molecule has 1 fully saturated rings. The number of likely N-dealkylation sites (tertiary alicyclic amines) is 1. The van der Waals surface area contributed by atoms with Crippen LogP contribution in [0.1, 0.15) is 35.2 Å². The van der Waals surface area contributed by atoms with E-state index in [0.29, 0.717) is 42.4 Å². The van der Waals surface area contributed by atoms with E-state index in [1.807, 2.05) is 25.1 Å². The van der Waals surface area contributed by atoms with E-state index in [1.54, 1.807) is 50.5 Å². The van der Waals surface area contributed by atoms with E-state index in [1.165, 1.54) is 0 Å². The maximum Gasteiger partial charge on any atom is 0.253 e. The molecule has 166 valence electrons. The van der Waals surface area contributed by atoms with Gasteiger partial charge in [-0.1, -0.05) is 6.92 Å². The first-order valence-corrected chi connectivity index (χ1v) is 10.4. The highest BCUT2D eigenvalue weighted by atomic mass is 16.5. The first-order valence-electron chi connectivity index (χ1n) is 10.4. The van der Waals surface area contributed by atoms with Crippen LogP contribution in [0, 0.1) is 5.92 Å². The third-order valence-electron chi connectivity index (χ3n) is 5.67. The molecule has 1 N–H and O–H groups in total. The predicted octanol–water partition coefficient (Wildman–Crippen LogP) is 3.09. The second-order valence-corrected chi connectivity index (χ2v) is 7.55. The molecule has 1 saturated heterocycles. The fourth-order valence-electron chi connectivity index (χ4n) is 3.98. The zero-order valence-corrected chi connectivity index (χ0v) is 18.5. The summed E-state index contributed by atoms with van der Waals surface area (Å²) in [6.45, 7) is 3.37. The zero-order valence-electron chi connectivity index (χ0n) is 18.5. The topological polar surface area (TPSA) is 77.1 Å². The number of nitrogens with zero attached hydrogens (tertiary/aromatic N) is 1. The van der Waals surface area contributed by atoms with Crippen LogP contribution in [0.3, 0.4) is 0 Å². The number of benzene rings is 2. The fourth-order valence-corrected chi connectivity index (χ4v) is 3.98. The summed E-state index contributed by atoms with van der Waals surface area (Å²) < 4.78 is 16.1. The van der Waals surface area contributed by atoms with Crippen LogP contribution >= 0.6 is 0 Å². The van der Waals surface area contributed by atoms with Gasteiger partial charge in [-0.15, -0.1) is 0 Å². The lowest BCUT2D eigenvalue weighted by molar-refractivity contribution is -0.124. The van der Waals surface area contributed by atoms with Gasteiger partial charge in [0, 0.05) is 36.7 Å². The van der Waals surface area contributed by atoms with Crippen molar-refractivity contribution in [3.63, 3.8) is 0 Å². The molecular weight excluding hydrogens is 396 g/mol. The molecule has 2 aromatic carbocycles. The minimum absolute atomic E-state index is 0.0539. The molecule has 0 aliphatic carbocycles. The van der Waals surface area contributed by atoms with E-state index in [-0.39, 0.29) is 23.7 Å². The number of carbonyl (C=O) groups is 2. The summed E-state index contributed by atoms with van der Waals surface area (Å²) in [5.74, 6) is 1.30. The molecule has 31 heavy (non-hydrogen) atoms. The Morgan fingerprint density at radius 3 is 2.26 bits per heavy atom. The standard InChI is InChI=1S/C24H30N2O5/c1-5-12-25-23(27)21-15-26(24(28)16-6-8-17(29-2)9-7-16)14-20(21)19-13-18(30-3)10-11-22(19)31-4/h6-11,13,20-21H,5,12,14-15H2,1-4H3,(H,25,27)/t20-,21-/m1/s1. The van der Waals surface area contributed by atoms with Gasteiger partial charge in [-0.3, -0.25) is 9.59 Å². The normalized spacial score (nSPS) is 17.9. The fraction of sp³-hybridized carbons (Fsp3) is 0.417. The van der Waals surface area contributed by atoms with E-state index >= 15 is 0 Å². The van der Waals surface area contributed by atoms with Crippen LogP contribution in [-0.2, 0) is 4.79 Å². The van der Waals surface area contributed by atoms with Gasteiger partial charge in [0.25, 0.3) is 5.91 Å². The van der Waals surface area contributed by atoms with Gasteiger partial charge >= 0.3 is 0 Å². The van der Waals surface area contributed by atoms with Crippen LogP contribution in [0.25, 0.3) is 0 Å². The number of methoxy groups -OCH3 is 3. The quantitative estimate of drug-likeness (QED) is 0.702. The lowest BCUT2D eigenvalue weighted by Crippen LogP contribution is -2.36. The Balaban J connectivity index is 1.92. The van der Waals surface area contributed by atoms with Gasteiger partial charge < -0.3 is 24.4 Å². The average molecular weight is 427 g/mol. The molecule has 3 rings (SSSR count). The Morgan fingerprint density at radius 1 is 0.968 bits per heavy atom. The molecule has 7 nitrogen and oxygen atoms in total. The summed E-state index contributed by atoms with van der Waals surface area (Å²) in [4.78, 5) is 27.9. The Morgan fingerprint density at radius 2 is 1.65 bits per heavy atom. The molecule has 0 aromatic heterocycles. The van der Waals surface area contributed by atoms with Crippen molar-refractivity contribution in [1.29, 1.82) is 0 Å². The highest BCUT2D eigenvalue weighted by Gasteiger charge is 2.41. The number of amides is 2. The second kappa shape index (κ2) is 10.2. The largest absolute Gasteiger partial charge is 0.497 e. The molecular formula is C24H30N2O5. The van der Waals surface area contributed by atoms with Crippen LogP contribution in [-0.4, -0.2) is 57.7 Å². The molecule has 1 aliphatic rings. The van der Waals surface area contributed by atoms with Crippen molar-refractivity contribution in [2.45, 2.75) is 19.3 Å². The van der Waals surface area contributed by atoms with Crippen molar-refractivity contribution in [3.8, 4) is 17.2 Å². The average Bonchev–Trinajstić information content (AvgIpc) is 3.27. The Kier molecular flexibility index (Phi) is 7.39. The van der Waals surface area contributed by atoms with E-state index in [2.05, 4.69) is 5.32 Å². The summed E-state index contributed by atoms with van der Waals surface area (Å²) in [5, 5.41) is 2.99. The van der Waals surface area contributed by atoms with Crippen molar-refractivity contribution < 1.29 is 23.8 Å². The predicted molar refractivity (Wildman–Crippen MR) is 118 cm³/mol. The van der Waals surface area contributed by atoms with E-state index in [9.17, 15) is 9.59 Å². The van der Waals surface area contributed by atoms with Gasteiger partial charge in [-0.05, 0) is 48.9 Å². The van der Waals surface area contributed by atoms with E-state index in [4.69, 9.17) is 14.2 Å². The van der Waals surface area contributed by atoms with Crippen molar-refractivity contribution in [1.82, 2.24) is 10.2 Å². The maximum absolute atomic E-state index is 13.2. The number of rotatable bonds is 8. The summed E-state index contributed by atoms with van der Waals surface area (Å²) in [6.07, 6.45) is 0.847. The van der Waals surface area contributed by atoms with Crippen LogP contribution in [0.15, 0.2) is 42.5 Å². The Bertz CT molecular complexity index is 913. The number of nitrogens with one attached hydrogen (secondary N) is 1. The molecule has 0 spiro atoms. The molecule has 2 atom stereocenters. The molecule has 0 unspecified atom stereocenters. The Labute approximate surface area is 183 Å². The lowest BCUT2D eigenvalue weighted by atomic mass is 9.87. The summed E-state index contributed by atoms with van der Waals surface area (Å²) in [5.41, 5.74) is 1.43. The summed E-state index contributed by atoms with van der Waals surface area (Å²) in [7, 11) is 4.79. The van der Waals surface area contributed by atoms with Crippen molar-refractivity contribution in [3.05, 3.63) is 53.6 Å². The van der Waals surface area contributed by atoms with E-state index < -0.39 is 0 Å². The summed E-state index contributed by atoms with van der Waals surface area (Å²) >= 11 is 0. The first kappa shape index (κ1) is 22.5. The van der Waals surface area contributed by atoms with Crippen LogP contribution < -0.4 is 19.5 Å². The number of hydrogen-bond acceptors (Lipinski definition) is 5. The lowest BCUT2D eigenvalue weighted by Gasteiger charge is -2.21. The molecule has 0 bridgehead atoms. The van der Waals surface area contributed by atoms with Gasteiger partial charge in [0.15, 0.2) is 0 Å². The molecule has 0 radical (unpaired) electrons. The molecule has 1 heterocycles. The van der Waals surface area contributed by atoms with Crippen molar-refractivity contribution in [2.75, 3.05) is 41.0 Å². The number of ether oxygens (including phenoxy) is 3. The third-order valence-corrected chi connectivity index (χ3v) is 5.67. The van der Waals surface area contributed by atoms with Gasteiger partial charge in [0.05, 0.1) is 27.2 Å². The minimum Gasteiger partial charge on any atom is -0.497 e. The maximum atomic E-state index is 13.2. The van der Waals surface area contributed by atoms with Crippen LogP contribution in [0.5, 0.6) is 17.2 Å². The summed E-state index contributed by atoms with van der Waals surface area (Å²) in [6, 6.07) is 12.6. The van der Waals surface area contributed by atoms with Crippen LogP contribution in [0.2, 0.25) is 0 Å². The van der Waals surface area contributed by atoms with Gasteiger partial charge in [0.2, 0.25) is 5.91 Å². The number of hydrogen-bond donors (Lipinski definition) is 1. The SMILES string of the molecule is CCCNC(=O)[C@@H]1CN(C(=O)c2ccc(OC)cc2)C[C@@H]1c1cc(OC)ccc1OC. The van der Waals surface area contributed by atoms with Gasteiger partial charge in [-0.2, -0.15) is 0 Å². The Hall–Kier alpha value is -3.22. The van der Waals surface area contributed by atoms with Gasteiger partial charge in [-0.25, -0.2) is 0 Å². The molecule has 2 amide bonds. The minimum atomic E-state index is -0.380.